The van der Waals surface area contributed by atoms with E-state index < -0.39 is 0 Å². The zero-order valence-corrected chi connectivity index (χ0v) is 11.3. The SMILES string of the molecule is CCc1ccc(CNc2ccnc(C3CC3)n2)cc1. The van der Waals surface area contributed by atoms with Gasteiger partial charge in [-0.1, -0.05) is 31.2 Å². The van der Waals surface area contributed by atoms with Gasteiger partial charge in [-0.05, 0) is 36.5 Å². The third-order valence-corrected chi connectivity index (χ3v) is 3.52. The number of aryl methyl sites for hydroxylation is 1. The van der Waals surface area contributed by atoms with E-state index >= 15 is 0 Å². The second-order valence-electron chi connectivity index (χ2n) is 5.10. The van der Waals surface area contributed by atoms with Crippen LogP contribution in [-0.2, 0) is 13.0 Å². The number of aromatic nitrogens is 2. The molecule has 0 amide bonds. The van der Waals surface area contributed by atoms with Gasteiger partial charge >= 0.3 is 0 Å². The standard InChI is InChI=1S/C16H19N3/c1-2-12-3-5-13(6-4-12)11-18-15-9-10-17-16(19-15)14-7-8-14/h3-6,9-10,14H,2,7-8,11H2,1H3,(H,17,18,19). The van der Waals surface area contributed by atoms with Crippen molar-refractivity contribution < 1.29 is 0 Å². The zero-order valence-electron chi connectivity index (χ0n) is 11.3. The van der Waals surface area contributed by atoms with Crippen molar-refractivity contribution in [3.8, 4) is 0 Å². The van der Waals surface area contributed by atoms with Crippen LogP contribution >= 0.6 is 0 Å². The molecule has 0 saturated heterocycles. The maximum atomic E-state index is 4.56. The minimum absolute atomic E-state index is 0.602. The van der Waals surface area contributed by atoms with Crippen molar-refractivity contribution in [1.29, 1.82) is 0 Å². The van der Waals surface area contributed by atoms with Gasteiger partial charge in [-0.25, -0.2) is 9.97 Å². The smallest absolute Gasteiger partial charge is 0.133 e. The minimum atomic E-state index is 0.602. The predicted octanol–water partition coefficient (Wildman–Crippen LogP) is 3.53. The second-order valence-corrected chi connectivity index (χ2v) is 5.10. The fourth-order valence-electron chi connectivity index (χ4n) is 2.10. The highest BCUT2D eigenvalue weighted by atomic mass is 15.0. The highest BCUT2D eigenvalue weighted by Crippen LogP contribution is 2.38. The molecule has 0 unspecified atom stereocenters. The van der Waals surface area contributed by atoms with Crippen LogP contribution < -0.4 is 5.32 Å². The van der Waals surface area contributed by atoms with Crippen molar-refractivity contribution in [1.82, 2.24) is 9.97 Å². The van der Waals surface area contributed by atoms with E-state index in [2.05, 4.69) is 46.5 Å². The Hall–Kier alpha value is -1.90. The Morgan fingerprint density at radius 3 is 2.53 bits per heavy atom. The van der Waals surface area contributed by atoms with Crippen LogP contribution in [0.4, 0.5) is 5.82 Å². The molecular weight excluding hydrogens is 234 g/mol. The third kappa shape index (κ3) is 3.11. The Morgan fingerprint density at radius 2 is 1.84 bits per heavy atom. The molecule has 3 heteroatoms. The molecule has 0 aliphatic heterocycles. The predicted molar refractivity (Wildman–Crippen MR) is 77.2 cm³/mol. The van der Waals surface area contributed by atoms with Crippen LogP contribution in [0.2, 0.25) is 0 Å². The maximum Gasteiger partial charge on any atom is 0.133 e. The van der Waals surface area contributed by atoms with Gasteiger partial charge in [-0.15, -0.1) is 0 Å². The number of nitrogens with one attached hydrogen (secondary N) is 1. The van der Waals surface area contributed by atoms with Gasteiger partial charge in [0.1, 0.15) is 11.6 Å². The van der Waals surface area contributed by atoms with Gasteiger partial charge < -0.3 is 5.32 Å². The van der Waals surface area contributed by atoms with E-state index in [-0.39, 0.29) is 0 Å². The van der Waals surface area contributed by atoms with Gasteiger partial charge in [-0.3, -0.25) is 0 Å². The van der Waals surface area contributed by atoms with E-state index in [1.165, 1.54) is 24.0 Å². The molecule has 1 aliphatic rings. The molecule has 1 saturated carbocycles. The lowest BCUT2D eigenvalue weighted by Gasteiger charge is -2.07. The first kappa shape index (κ1) is 12.2. The molecule has 0 atom stereocenters. The maximum absolute atomic E-state index is 4.56. The molecular formula is C16H19N3. The number of hydrogen-bond acceptors (Lipinski definition) is 3. The summed E-state index contributed by atoms with van der Waals surface area (Å²) in [6, 6.07) is 10.7. The number of hydrogen-bond donors (Lipinski definition) is 1. The molecule has 0 radical (unpaired) electrons. The van der Waals surface area contributed by atoms with Gasteiger partial charge in [0, 0.05) is 18.7 Å². The minimum Gasteiger partial charge on any atom is -0.366 e. The lowest BCUT2D eigenvalue weighted by Crippen LogP contribution is -2.03. The van der Waals surface area contributed by atoms with Gasteiger partial charge in [0.15, 0.2) is 0 Å². The molecule has 2 aromatic rings. The number of anilines is 1. The van der Waals surface area contributed by atoms with E-state index in [0.29, 0.717) is 5.92 Å². The molecule has 0 spiro atoms. The van der Waals surface area contributed by atoms with Crippen LogP contribution in [-0.4, -0.2) is 9.97 Å². The summed E-state index contributed by atoms with van der Waals surface area (Å²) in [5, 5.41) is 3.37. The molecule has 1 aliphatic carbocycles. The summed E-state index contributed by atoms with van der Waals surface area (Å²) in [7, 11) is 0. The highest BCUT2D eigenvalue weighted by molar-refractivity contribution is 5.35. The first-order valence-corrected chi connectivity index (χ1v) is 7.00. The molecule has 19 heavy (non-hydrogen) atoms. The molecule has 0 bridgehead atoms. The lowest BCUT2D eigenvalue weighted by molar-refractivity contribution is 0.921. The number of nitrogens with zero attached hydrogens (tertiary/aromatic N) is 2. The van der Waals surface area contributed by atoms with E-state index in [0.717, 1.165) is 24.6 Å². The van der Waals surface area contributed by atoms with Crippen LogP contribution in [0.1, 0.15) is 42.6 Å². The molecule has 1 fully saturated rings. The summed E-state index contributed by atoms with van der Waals surface area (Å²) >= 11 is 0. The van der Waals surface area contributed by atoms with Crippen molar-refractivity contribution in [3.63, 3.8) is 0 Å². The molecule has 1 heterocycles. The Morgan fingerprint density at radius 1 is 1.11 bits per heavy atom. The van der Waals surface area contributed by atoms with Crippen molar-refractivity contribution in [2.24, 2.45) is 0 Å². The van der Waals surface area contributed by atoms with Crippen LogP contribution in [0.3, 0.4) is 0 Å². The fraction of sp³-hybridized carbons (Fsp3) is 0.375. The van der Waals surface area contributed by atoms with Crippen molar-refractivity contribution in [2.45, 2.75) is 38.6 Å². The van der Waals surface area contributed by atoms with E-state index in [1.807, 2.05) is 12.3 Å². The third-order valence-electron chi connectivity index (χ3n) is 3.52. The summed E-state index contributed by atoms with van der Waals surface area (Å²) in [6.45, 7) is 2.98. The first-order valence-electron chi connectivity index (χ1n) is 7.00. The molecule has 1 aromatic heterocycles. The van der Waals surface area contributed by atoms with E-state index in [4.69, 9.17) is 0 Å². The van der Waals surface area contributed by atoms with Crippen molar-refractivity contribution >= 4 is 5.82 Å². The Kier molecular flexibility index (Phi) is 3.45. The van der Waals surface area contributed by atoms with E-state index in [1.54, 1.807) is 0 Å². The first-order chi connectivity index (χ1) is 9.35. The van der Waals surface area contributed by atoms with Crippen LogP contribution in [0.15, 0.2) is 36.5 Å². The lowest BCUT2D eigenvalue weighted by atomic mass is 10.1. The number of rotatable bonds is 5. The zero-order chi connectivity index (χ0) is 13.1. The summed E-state index contributed by atoms with van der Waals surface area (Å²) in [6.07, 6.45) is 5.41. The summed E-state index contributed by atoms with van der Waals surface area (Å²) in [4.78, 5) is 8.89. The molecule has 98 valence electrons. The quantitative estimate of drug-likeness (QED) is 0.885. The van der Waals surface area contributed by atoms with Gasteiger partial charge in [0.05, 0.1) is 0 Å². The van der Waals surface area contributed by atoms with Gasteiger partial charge in [0.2, 0.25) is 0 Å². The monoisotopic (exact) mass is 253 g/mol. The van der Waals surface area contributed by atoms with E-state index in [9.17, 15) is 0 Å². The Balaban J connectivity index is 1.62. The normalized spacial score (nSPS) is 14.4. The summed E-state index contributed by atoms with van der Waals surface area (Å²) in [5.74, 6) is 2.52. The molecule has 1 N–H and O–H groups in total. The number of benzene rings is 1. The van der Waals surface area contributed by atoms with Gasteiger partial charge in [-0.2, -0.15) is 0 Å². The second kappa shape index (κ2) is 5.39. The average molecular weight is 253 g/mol. The van der Waals surface area contributed by atoms with Crippen LogP contribution in [0, 0.1) is 0 Å². The largest absolute Gasteiger partial charge is 0.366 e. The van der Waals surface area contributed by atoms with Crippen LogP contribution in [0.25, 0.3) is 0 Å². The fourth-order valence-corrected chi connectivity index (χ4v) is 2.10. The Bertz CT molecular complexity index is 544. The topological polar surface area (TPSA) is 37.8 Å². The Labute approximate surface area is 114 Å². The van der Waals surface area contributed by atoms with Crippen molar-refractivity contribution in [2.75, 3.05) is 5.32 Å². The molecule has 1 aromatic carbocycles. The summed E-state index contributed by atoms with van der Waals surface area (Å²) < 4.78 is 0. The highest BCUT2D eigenvalue weighted by Gasteiger charge is 2.26. The van der Waals surface area contributed by atoms with Gasteiger partial charge in [0.25, 0.3) is 0 Å². The van der Waals surface area contributed by atoms with Crippen molar-refractivity contribution in [3.05, 3.63) is 53.5 Å². The molecule has 3 nitrogen and oxygen atoms in total. The molecule has 3 rings (SSSR count). The van der Waals surface area contributed by atoms with Crippen LogP contribution in [0.5, 0.6) is 0 Å². The summed E-state index contributed by atoms with van der Waals surface area (Å²) in [5.41, 5.74) is 2.66. The average Bonchev–Trinajstić information content (AvgIpc) is 3.31.